The molecule has 2 aromatic carbocycles. The number of carboxylic acid groups (broad SMARTS) is 1. The van der Waals surface area contributed by atoms with Crippen molar-refractivity contribution in [2.45, 2.75) is 23.1 Å². The molecule has 6 heteroatoms. The third-order valence-electron chi connectivity index (χ3n) is 3.75. The maximum atomic E-state index is 12.1. The number of amides is 1. The van der Waals surface area contributed by atoms with E-state index in [0.717, 1.165) is 11.1 Å². The van der Waals surface area contributed by atoms with Crippen LogP contribution in [-0.4, -0.2) is 27.3 Å². The first kappa shape index (κ1) is 16.4. The van der Waals surface area contributed by atoms with E-state index in [9.17, 15) is 14.7 Å². The molecular formula is C18H17NO4S. The van der Waals surface area contributed by atoms with Crippen LogP contribution in [0.4, 0.5) is 4.79 Å². The van der Waals surface area contributed by atoms with Crippen LogP contribution in [0.25, 0.3) is 0 Å². The Kier molecular flexibility index (Phi) is 4.76. The minimum Gasteiger partial charge on any atom is -0.480 e. The van der Waals surface area contributed by atoms with Gasteiger partial charge in [0.05, 0.1) is 0 Å². The molecule has 1 saturated heterocycles. The van der Waals surface area contributed by atoms with Crippen LogP contribution >= 0.6 is 11.8 Å². The molecule has 0 radical (unpaired) electrons. The second kappa shape index (κ2) is 6.97. The molecule has 24 heavy (non-hydrogen) atoms. The number of carbonyl (C=O) groups is 2. The Bertz CT molecular complexity index is 722. The van der Waals surface area contributed by atoms with Crippen LogP contribution in [0.15, 0.2) is 60.7 Å². The number of ether oxygens (including phenoxy) is 1. The van der Waals surface area contributed by atoms with Crippen molar-refractivity contribution in [3.8, 4) is 0 Å². The largest absolute Gasteiger partial charge is 0.480 e. The van der Waals surface area contributed by atoms with Crippen LogP contribution in [-0.2, 0) is 22.6 Å². The summed E-state index contributed by atoms with van der Waals surface area (Å²) in [4.78, 5) is 22.6. The van der Waals surface area contributed by atoms with Crippen molar-refractivity contribution in [2.75, 3.05) is 0 Å². The zero-order valence-electron chi connectivity index (χ0n) is 12.8. The summed E-state index contributed by atoms with van der Waals surface area (Å²) in [5.74, 6) is -0.931. The summed E-state index contributed by atoms with van der Waals surface area (Å²) in [6.45, 7) is 0.149. The van der Waals surface area contributed by atoms with Gasteiger partial charge >= 0.3 is 12.1 Å². The Morgan fingerprint density at radius 2 is 1.62 bits per heavy atom. The SMILES string of the molecule is O=C(N[C@@]1(Cc2ccccc2)SC1C(=O)O)OCc1ccccc1. The molecule has 3 rings (SSSR count). The molecule has 0 aromatic heterocycles. The lowest BCUT2D eigenvalue weighted by Crippen LogP contribution is -2.42. The second-order valence-corrected chi connectivity index (χ2v) is 7.01. The first-order valence-corrected chi connectivity index (χ1v) is 8.40. The van der Waals surface area contributed by atoms with Crippen molar-refractivity contribution < 1.29 is 19.4 Å². The van der Waals surface area contributed by atoms with Crippen molar-refractivity contribution in [2.24, 2.45) is 0 Å². The highest BCUT2D eigenvalue weighted by Crippen LogP contribution is 2.53. The van der Waals surface area contributed by atoms with Gasteiger partial charge in [-0.05, 0) is 11.1 Å². The normalized spacial score (nSPS) is 21.8. The van der Waals surface area contributed by atoms with E-state index >= 15 is 0 Å². The number of benzene rings is 2. The van der Waals surface area contributed by atoms with Crippen LogP contribution in [0.1, 0.15) is 11.1 Å². The van der Waals surface area contributed by atoms with Gasteiger partial charge in [-0.2, -0.15) is 0 Å². The van der Waals surface area contributed by atoms with Crippen LogP contribution in [0, 0.1) is 0 Å². The van der Waals surface area contributed by atoms with Crippen LogP contribution < -0.4 is 5.32 Å². The third kappa shape index (κ3) is 3.89. The molecule has 0 bridgehead atoms. The predicted octanol–water partition coefficient (Wildman–Crippen LogP) is 3.05. The molecule has 1 fully saturated rings. The molecule has 1 amide bonds. The number of carboxylic acids is 1. The van der Waals surface area contributed by atoms with Gasteiger partial charge in [0.1, 0.15) is 16.7 Å². The maximum absolute atomic E-state index is 12.1. The number of hydrogen-bond acceptors (Lipinski definition) is 4. The number of carbonyl (C=O) groups excluding carboxylic acids is 1. The number of rotatable bonds is 6. The fraction of sp³-hybridized carbons (Fsp3) is 0.222. The maximum Gasteiger partial charge on any atom is 0.408 e. The monoisotopic (exact) mass is 343 g/mol. The predicted molar refractivity (Wildman–Crippen MR) is 91.7 cm³/mol. The third-order valence-corrected chi connectivity index (χ3v) is 5.24. The van der Waals surface area contributed by atoms with E-state index in [1.54, 1.807) is 0 Å². The Morgan fingerprint density at radius 3 is 2.17 bits per heavy atom. The molecule has 0 aliphatic carbocycles. The summed E-state index contributed by atoms with van der Waals surface area (Å²) in [5.41, 5.74) is 1.85. The summed E-state index contributed by atoms with van der Waals surface area (Å²) in [5, 5.41) is 11.3. The summed E-state index contributed by atoms with van der Waals surface area (Å²) in [6.07, 6.45) is -0.165. The molecular weight excluding hydrogens is 326 g/mol. The summed E-state index contributed by atoms with van der Waals surface area (Å²) >= 11 is 1.23. The van der Waals surface area contributed by atoms with Gasteiger partial charge in [-0.1, -0.05) is 60.7 Å². The molecule has 0 saturated carbocycles. The number of alkyl carbamates (subject to hydrolysis) is 1. The highest BCUT2D eigenvalue weighted by atomic mass is 32.2. The summed E-state index contributed by atoms with van der Waals surface area (Å²) in [7, 11) is 0. The Balaban J connectivity index is 1.62. The first-order valence-electron chi connectivity index (χ1n) is 7.52. The minimum atomic E-state index is -0.931. The molecule has 1 aliphatic heterocycles. The standard InChI is InChI=1S/C18H17NO4S/c20-16(21)15-18(24-15,11-13-7-3-1-4-8-13)19-17(22)23-12-14-9-5-2-6-10-14/h1-10,15H,11-12H2,(H,19,22)(H,20,21)/t15?,18-/m0/s1. The summed E-state index contributed by atoms with van der Waals surface area (Å²) < 4.78 is 5.21. The van der Waals surface area contributed by atoms with E-state index in [-0.39, 0.29) is 6.61 Å². The quantitative estimate of drug-likeness (QED) is 0.789. The molecule has 1 aliphatic rings. The lowest BCUT2D eigenvalue weighted by Gasteiger charge is -2.17. The van der Waals surface area contributed by atoms with E-state index in [2.05, 4.69) is 5.32 Å². The highest BCUT2D eigenvalue weighted by molar-refractivity contribution is 8.09. The van der Waals surface area contributed by atoms with Gasteiger partial charge in [-0.25, -0.2) is 4.79 Å². The van der Waals surface area contributed by atoms with Gasteiger partial charge in [-0.15, -0.1) is 11.8 Å². The average molecular weight is 343 g/mol. The van der Waals surface area contributed by atoms with Crippen LogP contribution in [0.2, 0.25) is 0 Å². The van der Waals surface area contributed by atoms with E-state index in [1.807, 2.05) is 60.7 Å². The zero-order chi connectivity index (χ0) is 17.0. The van der Waals surface area contributed by atoms with Gasteiger partial charge in [0.2, 0.25) is 0 Å². The van der Waals surface area contributed by atoms with E-state index in [0.29, 0.717) is 6.42 Å². The number of aliphatic carboxylic acids is 1. The van der Waals surface area contributed by atoms with Gasteiger partial charge in [0.25, 0.3) is 0 Å². The molecule has 1 heterocycles. The molecule has 2 atom stereocenters. The van der Waals surface area contributed by atoms with Crippen molar-refractivity contribution in [1.29, 1.82) is 0 Å². The van der Waals surface area contributed by atoms with E-state index in [4.69, 9.17) is 4.74 Å². The topological polar surface area (TPSA) is 75.6 Å². The molecule has 5 nitrogen and oxygen atoms in total. The number of hydrogen-bond donors (Lipinski definition) is 2. The van der Waals surface area contributed by atoms with Gasteiger partial charge < -0.3 is 15.2 Å². The Labute approximate surface area is 144 Å². The number of nitrogens with one attached hydrogen (secondary N) is 1. The van der Waals surface area contributed by atoms with E-state index in [1.165, 1.54) is 11.8 Å². The zero-order valence-corrected chi connectivity index (χ0v) is 13.7. The Morgan fingerprint density at radius 1 is 1.04 bits per heavy atom. The second-order valence-electron chi connectivity index (χ2n) is 5.57. The molecule has 0 spiro atoms. The minimum absolute atomic E-state index is 0.149. The molecule has 2 aromatic rings. The fourth-order valence-electron chi connectivity index (χ4n) is 2.53. The Hall–Kier alpha value is -2.47. The van der Waals surface area contributed by atoms with Gasteiger partial charge in [0, 0.05) is 6.42 Å². The number of thioether (sulfide) groups is 1. The van der Waals surface area contributed by atoms with Crippen molar-refractivity contribution >= 4 is 23.8 Å². The smallest absolute Gasteiger partial charge is 0.408 e. The first-order chi connectivity index (χ1) is 11.6. The molecule has 2 N–H and O–H groups in total. The van der Waals surface area contributed by atoms with Gasteiger partial charge in [0.15, 0.2) is 0 Å². The van der Waals surface area contributed by atoms with Crippen molar-refractivity contribution in [1.82, 2.24) is 5.32 Å². The molecule has 1 unspecified atom stereocenters. The van der Waals surface area contributed by atoms with Gasteiger partial charge in [-0.3, -0.25) is 4.79 Å². The molecule has 124 valence electrons. The lowest BCUT2D eigenvalue weighted by atomic mass is 10.0. The fourth-order valence-corrected chi connectivity index (χ4v) is 3.62. The average Bonchev–Trinajstić information content (AvgIpc) is 3.28. The lowest BCUT2D eigenvalue weighted by molar-refractivity contribution is -0.136. The van der Waals surface area contributed by atoms with Crippen LogP contribution in [0.3, 0.4) is 0 Å². The van der Waals surface area contributed by atoms with E-state index < -0.39 is 22.2 Å². The van der Waals surface area contributed by atoms with Crippen molar-refractivity contribution in [3.05, 3.63) is 71.8 Å². The van der Waals surface area contributed by atoms with Crippen molar-refractivity contribution in [3.63, 3.8) is 0 Å². The van der Waals surface area contributed by atoms with Crippen LogP contribution in [0.5, 0.6) is 0 Å². The summed E-state index contributed by atoms with van der Waals surface area (Å²) in [6, 6.07) is 18.8. The highest BCUT2D eigenvalue weighted by Gasteiger charge is 2.61.